The molecule has 5 aromatic carbocycles. The largest absolute Gasteiger partial charge is 0.493 e. The molecule has 4 aliphatic heterocycles. The van der Waals surface area contributed by atoms with Gasteiger partial charge in [-0.25, -0.2) is 0 Å². The number of methoxy groups -OCH3 is 2. The Kier molecular flexibility index (Phi) is 10.6. The van der Waals surface area contributed by atoms with Crippen molar-refractivity contribution < 1.29 is 33.3 Å². The summed E-state index contributed by atoms with van der Waals surface area (Å²) in [6, 6.07) is 28.4. The number of nitrogens with one attached hydrogen (secondary N) is 2. The number of hydrogen-bond acceptors (Lipinski definition) is 10. The van der Waals surface area contributed by atoms with E-state index in [0.717, 1.165) is 40.0 Å². The molecular formula is C48H47N5O7S. The summed E-state index contributed by atoms with van der Waals surface area (Å²) < 4.78 is 24.0. The van der Waals surface area contributed by atoms with Gasteiger partial charge in [-0.1, -0.05) is 50.2 Å². The van der Waals surface area contributed by atoms with Crippen LogP contribution < -0.4 is 39.4 Å². The normalized spacial score (nSPS) is 17.1. The summed E-state index contributed by atoms with van der Waals surface area (Å²) in [5.41, 5.74) is 8.25. The smallest absolute Gasteiger partial charge is 0.261 e. The van der Waals surface area contributed by atoms with Crippen molar-refractivity contribution in [1.29, 1.82) is 0 Å². The quantitative estimate of drug-likeness (QED) is 0.107. The van der Waals surface area contributed by atoms with Crippen LogP contribution in [0.25, 0.3) is 0 Å². The van der Waals surface area contributed by atoms with Crippen LogP contribution in [0.4, 0.5) is 28.4 Å². The molecule has 312 valence electrons. The van der Waals surface area contributed by atoms with Gasteiger partial charge in [-0.3, -0.25) is 24.3 Å². The van der Waals surface area contributed by atoms with Gasteiger partial charge < -0.3 is 34.5 Å². The van der Waals surface area contributed by atoms with Crippen LogP contribution >= 0.6 is 12.6 Å². The van der Waals surface area contributed by atoms with Gasteiger partial charge >= 0.3 is 0 Å². The minimum absolute atomic E-state index is 0.0121. The molecule has 5 aromatic rings. The van der Waals surface area contributed by atoms with E-state index in [1.807, 2.05) is 91.7 Å². The van der Waals surface area contributed by atoms with Gasteiger partial charge in [0.2, 0.25) is 5.91 Å². The Hall–Kier alpha value is -6.47. The fourth-order valence-corrected chi connectivity index (χ4v) is 8.68. The number of aliphatic imine (C=N–C) groups is 1. The number of nitrogens with zero attached hydrogens (tertiary/aromatic N) is 3. The van der Waals surface area contributed by atoms with Crippen LogP contribution in [0, 0.1) is 0 Å². The number of para-hydroxylation sites is 2. The van der Waals surface area contributed by atoms with E-state index in [1.165, 1.54) is 7.11 Å². The van der Waals surface area contributed by atoms with Gasteiger partial charge in [0.1, 0.15) is 13.2 Å². The fourth-order valence-electron chi connectivity index (χ4n) is 8.57. The van der Waals surface area contributed by atoms with E-state index in [1.54, 1.807) is 30.2 Å². The minimum Gasteiger partial charge on any atom is -0.493 e. The van der Waals surface area contributed by atoms with Crippen molar-refractivity contribution in [3.8, 4) is 23.0 Å². The third-order valence-electron chi connectivity index (χ3n) is 11.6. The maximum Gasteiger partial charge on any atom is 0.261 e. The number of hydrogen-bond donors (Lipinski definition) is 3. The van der Waals surface area contributed by atoms with Gasteiger partial charge in [0.15, 0.2) is 23.0 Å². The predicted molar refractivity (Wildman–Crippen MR) is 240 cm³/mol. The van der Waals surface area contributed by atoms with Crippen molar-refractivity contribution in [3.05, 3.63) is 124 Å². The standard InChI is InChI=1S/C48H47N5O7S/c1-48(2,61)14-13-45(54)51-32-16-28(26-59-43-22-37-35(20-41(43)57-3)46(55)52-33(24-49-37)18-30-9-5-7-11-39(30)52)15-29(17-32)27-60-44-23-38-36(21-42(44)58-4)47(56)53-34(25-50-38)19-31-10-6-8-12-40(31)53/h5-12,15-17,20-24,33-34,50,61H,13-14,18-19,25-27H2,1-4H3,(H,51,54)/t33-,34?/m0/s1. The molecule has 1 unspecified atom stereocenters. The number of rotatable bonds is 12. The van der Waals surface area contributed by atoms with E-state index in [4.69, 9.17) is 23.9 Å². The molecule has 4 heterocycles. The molecular weight excluding hydrogens is 791 g/mol. The molecule has 0 saturated heterocycles. The van der Waals surface area contributed by atoms with E-state index < -0.39 is 0 Å². The molecule has 12 nitrogen and oxygen atoms in total. The molecule has 0 saturated carbocycles. The Balaban J connectivity index is 0.968. The molecule has 0 fully saturated rings. The highest BCUT2D eigenvalue weighted by molar-refractivity contribution is 7.81. The molecule has 13 heteroatoms. The highest BCUT2D eigenvalue weighted by atomic mass is 32.1. The molecule has 0 aliphatic carbocycles. The Morgan fingerprint density at radius 1 is 0.787 bits per heavy atom. The first-order valence-electron chi connectivity index (χ1n) is 20.4. The topological polar surface area (TPSA) is 131 Å². The van der Waals surface area contributed by atoms with Gasteiger partial charge in [-0.05, 0) is 77.6 Å². The summed E-state index contributed by atoms with van der Waals surface area (Å²) in [6.07, 6.45) is 4.17. The van der Waals surface area contributed by atoms with Gasteiger partial charge in [0.25, 0.3) is 11.8 Å². The van der Waals surface area contributed by atoms with Gasteiger partial charge in [-0.15, -0.1) is 0 Å². The number of carbonyl (C=O) groups excluding carboxylic acids is 3. The predicted octanol–water partition coefficient (Wildman–Crippen LogP) is 8.57. The lowest BCUT2D eigenvalue weighted by atomic mass is 10.1. The third-order valence-corrected chi connectivity index (χ3v) is 11.8. The second-order valence-electron chi connectivity index (χ2n) is 16.4. The molecule has 4 aliphatic rings. The number of benzene rings is 5. The van der Waals surface area contributed by atoms with E-state index in [2.05, 4.69) is 29.3 Å². The average Bonchev–Trinajstić information content (AvgIpc) is 3.74. The number of anilines is 4. The average molecular weight is 838 g/mol. The van der Waals surface area contributed by atoms with Crippen molar-refractivity contribution in [2.24, 2.45) is 4.99 Å². The van der Waals surface area contributed by atoms with Crippen LogP contribution in [0.5, 0.6) is 23.0 Å². The summed E-state index contributed by atoms with van der Waals surface area (Å²) in [4.78, 5) is 49.5. The maximum absolute atomic E-state index is 14.0. The van der Waals surface area contributed by atoms with Crippen molar-refractivity contribution in [1.82, 2.24) is 0 Å². The van der Waals surface area contributed by atoms with E-state index >= 15 is 0 Å². The maximum atomic E-state index is 14.0. The first-order chi connectivity index (χ1) is 29.5. The van der Waals surface area contributed by atoms with Crippen LogP contribution in [0.1, 0.15) is 69.7 Å². The first kappa shape index (κ1) is 40.0. The third kappa shape index (κ3) is 7.97. The van der Waals surface area contributed by atoms with Crippen LogP contribution in [0.15, 0.2) is 96.0 Å². The Morgan fingerprint density at radius 3 is 2.07 bits per heavy atom. The summed E-state index contributed by atoms with van der Waals surface area (Å²) >= 11 is 4.59. The highest BCUT2D eigenvalue weighted by Gasteiger charge is 2.38. The number of fused-ring (bicyclic) bond motifs is 8. The zero-order valence-electron chi connectivity index (χ0n) is 34.5. The van der Waals surface area contributed by atoms with Crippen LogP contribution in [-0.4, -0.2) is 61.5 Å². The van der Waals surface area contributed by atoms with Crippen LogP contribution in [-0.2, 0) is 30.8 Å². The monoisotopic (exact) mass is 837 g/mol. The molecule has 3 amide bonds. The van der Waals surface area contributed by atoms with Crippen molar-refractivity contribution >= 4 is 65.0 Å². The van der Waals surface area contributed by atoms with E-state index in [9.17, 15) is 14.4 Å². The molecule has 0 radical (unpaired) electrons. The molecule has 0 aromatic heterocycles. The summed E-state index contributed by atoms with van der Waals surface area (Å²) in [5, 5.41) is 6.54. The first-order valence-corrected chi connectivity index (χ1v) is 20.9. The Labute approximate surface area is 360 Å². The summed E-state index contributed by atoms with van der Waals surface area (Å²) in [7, 11) is 3.09. The van der Waals surface area contributed by atoms with Gasteiger partial charge in [-0.2, -0.15) is 12.6 Å². The molecule has 0 bridgehead atoms. The van der Waals surface area contributed by atoms with Gasteiger partial charge in [0.05, 0.1) is 48.8 Å². The van der Waals surface area contributed by atoms with Crippen molar-refractivity contribution in [3.63, 3.8) is 0 Å². The van der Waals surface area contributed by atoms with Crippen LogP contribution in [0.2, 0.25) is 0 Å². The minimum atomic E-state index is -0.304. The van der Waals surface area contributed by atoms with Crippen molar-refractivity contribution in [2.45, 2.75) is 69.6 Å². The molecule has 2 N–H and O–H groups in total. The summed E-state index contributed by atoms with van der Waals surface area (Å²) in [5.74, 6) is 1.30. The summed E-state index contributed by atoms with van der Waals surface area (Å²) in [6.45, 7) is 4.75. The lowest BCUT2D eigenvalue weighted by Gasteiger charge is -2.22. The SMILES string of the molecule is COc1cc2c(cc1OCc1cc(COc3cc4c(cc3OC)C(=O)N3c5ccccc5CC3CN4)cc(NC(=O)CCC(C)(C)S)c1)N=C[C@@H]1Cc3ccccc3N1C2=O. The highest BCUT2D eigenvalue weighted by Crippen LogP contribution is 2.43. The lowest BCUT2D eigenvalue weighted by Crippen LogP contribution is -2.39. The lowest BCUT2D eigenvalue weighted by molar-refractivity contribution is -0.116. The van der Waals surface area contributed by atoms with E-state index in [-0.39, 0.29) is 47.8 Å². The zero-order valence-corrected chi connectivity index (χ0v) is 35.4. The Bertz CT molecular complexity index is 2600. The number of carbonyl (C=O) groups is 3. The molecule has 9 rings (SSSR count). The number of ether oxygens (including phenoxy) is 4. The fraction of sp³-hybridized carbons (Fsp3) is 0.292. The zero-order chi connectivity index (χ0) is 42.4. The second kappa shape index (κ2) is 16.2. The van der Waals surface area contributed by atoms with Crippen LogP contribution in [0.3, 0.4) is 0 Å². The molecule has 61 heavy (non-hydrogen) atoms. The van der Waals surface area contributed by atoms with Crippen molar-refractivity contribution in [2.75, 3.05) is 41.2 Å². The number of thiol groups is 1. The molecule has 0 spiro atoms. The molecule has 2 atom stereocenters. The van der Waals surface area contributed by atoms with Gasteiger partial charge in [0, 0.05) is 59.5 Å². The van der Waals surface area contributed by atoms with E-state index in [0.29, 0.717) is 77.0 Å². The Morgan fingerprint density at radius 2 is 1.39 bits per heavy atom. The second-order valence-corrected chi connectivity index (χ2v) is 17.7. The number of amides is 3.